The lowest BCUT2D eigenvalue weighted by molar-refractivity contribution is -0.193. The van der Waals surface area contributed by atoms with Gasteiger partial charge in [0.15, 0.2) is 22.2 Å². The first kappa shape index (κ1) is 70.8. The van der Waals surface area contributed by atoms with Crippen LogP contribution in [0, 0.1) is 0 Å². The molecule has 0 bridgehead atoms. The number of hydrogen-bond acceptors (Lipinski definition) is 20. The first-order valence-electron chi connectivity index (χ1n) is 31.0. The quantitative estimate of drug-likeness (QED) is 0.0526. The molecule has 93 heavy (non-hydrogen) atoms. The van der Waals surface area contributed by atoms with E-state index in [1.165, 1.54) is 0 Å². The third kappa shape index (κ3) is 14.5. The van der Waals surface area contributed by atoms with Crippen LogP contribution in [0.2, 0.25) is 36.3 Å². The first-order valence-corrected chi connectivity index (χ1v) is 36.8. The van der Waals surface area contributed by atoms with Crippen LogP contribution in [0.15, 0.2) is 70.3 Å². The van der Waals surface area contributed by atoms with E-state index in [9.17, 15) is 43.5 Å². The summed E-state index contributed by atoms with van der Waals surface area (Å²) in [4.78, 5) is 111. The molecule has 0 radical (unpaired) electrons. The molecule has 23 nitrogen and oxygen atoms in total. The van der Waals surface area contributed by atoms with Crippen molar-refractivity contribution in [1.29, 1.82) is 0 Å². The lowest BCUT2D eigenvalue weighted by Gasteiger charge is -2.39. The summed E-state index contributed by atoms with van der Waals surface area (Å²) in [5.74, 6) is -2.47. The van der Waals surface area contributed by atoms with Crippen molar-refractivity contribution in [3.63, 3.8) is 0 Å². The highest BCUT2D eigenvalue weighted by Crippen LogP contribution is 2.44. The largest absolute Gasteiger partial charge is 0.514 e. The number of benzene rings is 2. The summed E-state index contributed by atoms with van der Waals surface area (Å²) in [6.45, 7) is 37.8. The summed E-state index contributed by atoms with van der Waals surface area (Å²) in [7, 11) is -4.25. The SMILES string of the molecule is CC[C@@]1(O)C(=O)OCc2c1cc1n(c2=O)Cc2cc3cc(OC(=O)OC(C)(C)C)ccc3nc2-1.CC[C@@]1(OC(=O)[C@H](C)O[Si](C)(C)C(C)(C)C)C(=O)OCc2c1cc1n(c2=O)Cc2cc3cc(OC(=O)OC(C)(C)C)ccc3nc2-1.C[C@H](O[Si](C)(C)C(C)(C)C)C(=O)O. The van der Waals surface area contributed by atoms with Gasteiger partial charge in [0.1, 0.15) is 48.1 Å². The number of aliphatic carboxylic acids is 1. The number of carboxylic acids is 1. The highest BCUT2D eigenvalue weighted by molar-refractivity contribution is 6.74. The predicted octanol–water partition coefficient (Wildman–Crippen LogP) is 12.2. The van der Waals surface area contributed by atoms with Crippen molar-refractivity contribution in [2.45, 2.75) is 221 Å². The fraction of sp³-hybridized carbons (Fsp3) is 0.500. The predicted molar refractivity (Wildman–Crippen MR) is 350 cm³/mol. The molecule has 0 unspecified atom stereocenters. The van der Waals surface area contributed by atoms with Gasteiger partial charge in [-0.15, -0.1) is 0 Å². The molecule has 10 rings (SSSR count). The molecule has 0 amide bonds. The van der Waals surface area contributed by atoms with Crippen molar-refractivity contribution in [2.75, 3.05) is 0 Å². The van der Waals surface area contributed by atoms with Crippen LogP contribution in [0.25, 0.3) is 44.6 Å². The number of ether oxygens (including phenoxy) is 7. The van der Waals surface area contributed by atoms with Crippen LogP contribution in [0.5, 0.6) is 11.5 Å². The Morgan fingerprint density at radius 3 is 1.40 bits per heavy atom. The molecule has 8 heterocycles. The van der Waals surface area contributed by atoms with Crippen LogP contribution < -0.4 is 20.6 Å². The Labute approximate surface area is 542 Å². The van der Waals surface area contributed by atoms with E-state index in [-0.39, 0.29) is 77.0 Å². The molecule has 4 aliphatic heterocycles. The minimum atomic E-state index is -2.34. The molecule has 0 spiro atoms. The van der Waals surface area contributed by atoms with Crippen LogP contribution in [-0.4, -0.2) is 106 Å². The van der Waals surface area contributed by atoms with Gasteiger partial charge in [0.25, 0.3) is 11.1 Å². The molecule has 4 aliphatic rings. The third-order valence-corrected chi connectivity index (χ3v) is 26.7. The zero-order valence-corrected chi connectivity index (χ0v) is 58.8. The Morgan fingerprint density at radius 2 is 1.00 bits per heavy atom. The molecule has 2 N–H and O–H groups in total. The van der Waals surface area contributed by atoms with Crippen LogP contribution in [0.4, 0.5) is 9.59 Å². The summed E-state index contributed by atoms with van der Waals surface area (Å²) in [5, 5.41) is 21.0. The zero-order valence-electron chi connectivity index (χ0n) is 56.8. The average Bonchev–Trinajstić information content (AvgIpc) is 1.68. The Bertz CT molecular complexity index is 4150. The number of carbonyl (C=O) groups is 6. The van der Waals surface area contributed by atoms with Gasteiger partial charge in [0.2, 0.25) is 5.60 Å². The molecular formula is C68H86N4O19Si2. The molecular weight excluding hydrogens is 1230 g/mol. The van der Waals surface area contributed by atoms with Gasteiger partial charge < -0.3 is 61.4 Å². The van der Waals surface area contributed by atoms with Crippen molar-refractivity contribution < 1.29 is 81.0 Å². The summed E-state index contributed by atoms with van der Waals surface area (Å²) < 4.78 is 52.7. The van der Waals surface area contributed by atoms with Crippen molar-refractivity contribution >= 4 is 74.6 Å². The van der Waals surface area contributed by atoms with Gasteiger partial charge in [0.05, 0.1) is 58.0 Å². The number of carboxylic acid groups (broad SMARTS) is 1. The summed E-state index contributed by atoms with van der Waals surface area (Å²) in [6, 6.07) is 17.2. The number of esters is 3. The van der Waals surface area contributed by atoms with Gasteiger partial charge in [-0.1, -0.05) is 55.4 Å². The molecule has 4 aromatic heterocycles. The van der Waals surface area contributed by atoms with Gasteiger partial charge in [-0.25, -0.2) is 38.7 Å². The number of nitrogens with zero attached hydrogens (tertiary/aromatic N) is 4. The molecule has 0 saturated carbocycles. The van der Waals surface area contributed by atoms with Gasteiger partial charge in [-0.05, 0) is 165 Å². The average molecular weight is 1320 g/mol. The Balaban J connectivity index is 0.000000206. The topological polar surface area (TPSA) is 296 Å². The number of fused-ring (bicyclic) bond motifs is 10. The summed E-state index contributed by atoms with van der Waals surface area (Å²) >= 11 is 0. The maximum absolute atomic E-state index is 13.9. The van der Waals surface area contributed by atoms with Gasteiger partial charge >= 0.3 is 36.2 Å². The minimum Gasteiger partial charge on any atom is -0.479 e. The number of carbonyl (C=O) groups excluding carboxylic acids is 5. The van der Waals surface area contributed by atoms with E-state index in [1.54, 1.807) is 127 Å². The second kappa shape index (κ2) is 25.3. The normalized spacial score (nSPS) is 18.0. The highest BCUT2D eigenvalue weighted by atomic mass is 28.4. The molecule has 2 aromatic carbocycles. The van der Waals surface area contributed by atoms with Crippen LogP contribution in [-0.2, 0) is 89.2 Å². The third-order valence-electron chi connectivity index (χ3n) is 17.6. The number of rotatable bonds is 11. The van der Waals surface area contributed by atoms with Crippen LogP contribution in [0.1, 0.15) is 157 Å². The van der Waals surface area contributed by atoms with Crippen LogP contribution in [0.3, 0.4) is 0 Å². The maximum atomic E-state index is 13.9. The Morgan fingerprint density at radius 1 is 0.591 bits per heavy atom. The second-order valence-corrected chi connectivity index (χ2v) is 38.3. The highest BCUT2D eigenvalue weighted by Gasteiger charge is 2.52. The number of aliphatic hydroxyl groups is 1. The van der Waals surface area contributed by atoms with E-state index >= 15 is 0 Å². The second-order valence-electron chi connectivity index (χ2n) is 28.8. The fourth-order valence-electron chi connectivity index (χ4n) is 10.5. The van der Waals surface area contributed by atoms with Crippen molar-refractivity contribution in [1.82, 2.24) is 19.1 Å². The molecule has 6 aromatic rings. The standard InChI is InChI=1S/C34H42N2O9Si.C25H24N2O7.C9H20O3Si/c1-11-34(43-29(38)19(2)45-46(9,10)33(6,7)8)24-16-26-27-21(17-36(26)28(37)23(24)18-41-30(34)39)14-20-15-22(12-13-25(20)35-27)42-31(40)44-32(3,4)5;1-5-25(31)17-10-19-20-14(11-27(19)21(28)16(17)12-32-22(25)29)8-13-9-15(6-7-18(13)26-20)33-23(30)34-24(2,3)4;1-7(8(10)11)12-13(5,6)9(2,3)4/h12-16,19H,11,17-18H2,1-10H3;6-10,31H,5,11-12H2,1-4H3;7H,1-6H3,(H,10,11)/t19-,34-;25-;7-/m000/s1. The number of cyclic esters (lactones) is 2. The van der Waals surface area contributed by atoms with Crippen molar-refractivity contribution in [2.24, 2.45) is 0 Å². The number of aromatic nitrogens is 4. The lowest BCUT2D eigenvalue weighted by Crippen LogP contribution is -2.50. The van der Waals surface area contributed by atoms with E-state index in [0.717, 1.165) is 16.5 Å². The summed E-state index contributed by atoms with van der Waals surface area (Å²) in [5.41, 5.74) is 0.400. The minimum absolute atomic E-state index is 0.0543. The monoisotopic (exact) mass is 1320 g/mol. The lowest BCUT2D eigenvalue weighted by atomic mass is 9.85. The van der Waals surface area contributed by atoms with Crippen molar-refractivity contribution in [3.8, 4) is 34.3 Å². The molecule has 0 fully saturated rings. The first-order chi connectivity index (χ1) is 42.8. The Kier molecular flexibility index (Phi) is 19.3. The van der Waals surface area contributed by atoms with Gasteiger partial charge in [-0.3, -0.25) is 9.59 Å². The maximum Gasteiger partial charge on any atom is 0.514 e. The van der Waals surface area contributed by atoms with E-state index in [4.69, 9.17) is 57.1 Å². The molecule has 0 aliphatic carbocycles. The van der Waals surface area contributed by atoms with E-state index in [2.05, 4.69) is 41.5 Å². The fourth-order valence-corrected chi connectivity index (χ4v) is 13.2. The van der Waals surface area contributed by atoms with Crippen LogP contribution >= 0.6 is 0 Å². The zero-order chi connectivity index (χ0) is 69.3. The summed E-state index contributed by atoms with van der Waals surface area (Å²) in [6.07, 6.45) is -3.11. The van der Waals surface area contributed by atoms with Gasteiger partial charge in [0, 0.05) is 33.0 Å². The van der Waals surface area contributed by atoms with Crippen molar-refractivity contribution in [3.05, 3.63) is 115 Å². The van der Waals surface area contributed by atoms with E-state index < -0.39 is 87.4 Å². The molecule has 4 atom stereocenters. The Hall–Kier alpha value is -8.11. The molecule has 0 saturated heterocycles. The molecule has 25 heteroatoms. The molecule has 500 valence electrons. The number of pyridine rings is 4. The smallest absolute Gasteiger partial charge is 0.479 e. The number of hydrogen-bond donors (Lipinski definition) is 2. The van der Waals surface area contributed by atoms with E-state index in [0.29, 0.717) is 56.3 Å². The van der Waals surface area contributed by atoms with Gasteiger partial charge in [-0.2, -0.15) is 0 Å². The van der Waals surface area contributed by atoms with E-state index in [1.807, 2.05) is 38.3 Å².